The van der Waals surface area contributed by atoms with Gasteiger partial charge in [0.15, 0.2) is 0 Å². The minimum atomic E-state index is -0.715. The maximum absolute atomic E-state index is 11.5. The monoisotopic (exact) mass is 252 g/mol. The summed E-state index contributed by atoms with van der Waals surface area (Å²) in [7, 11) is 0. The SMILES string of the molecule is CC(C)C(=O)ONC(=O)c1cccc([N+](=O)[O-])c1. The first kappa shape index (κ1) is 13.6. The van der Waals surface area contributed by atoms with Gasteiger partial charge in [-0.05, 0) is 6.07 Å². The smallest absolute Gasteiger partial charge is 0.334 e. The van der Waals surface area contributed by atoms with Crippen LogP contribution in [0, 0.1) is 16.0 Å². The molecule has 0 bridgehead atoms. The number of nitro benzene ring substituents is 1. The number of nitrogens with one attached hydrogen (secondary N) is 1. The molecule has 0 aliphatic heterocycles. The van der Waals surface area contributed by atoms with Crippen LogP contribution < -0.4 is 5.48 Å². The fourth-order valence-corrected chi connectivity index (χ4v) is 1.03. The van der Waals surface area contributed by atoms with Gasteiger partial charge in [-0.3, -0.25) is 14.9 Å². The van der Waals surface area contributed by atoms with Gasteiger partial charge in [-0.1, -0.05) is 19.9 Å². The van der Waals surface area contributed by atoms with Gasteiger partial charge in [0.2, 0.25) is 0 Å². The third-order valence-electron chi connectivity index (χ3n) is 2.03. The normalized spacial score (nSPS) is 9.94. The summed E-state index contributed by atoms with van der Waals surface area (Å²) in [6.07, 6.45) is 0. The van der Waals surface area contributed by atoms with Gasteiger partial charge in [0, 0.05) is 17.7 Å². The number of hydrogen-bond donors (Lipinski definition) is 1. The van der Waals surface area contributed by atoms with Crippen molar-refractivity contribution >= 4 is 17.6 Å². The Balaban J connectivity index is 2.70. The van der Waals surface area contributed by atoms with E-state index in [1.165, 1.54) is 18.2 Å². The predicted octanol–water partition coefficient (Wildman–Crippen LogP) is 1.44. The number of nitrogens with zero attached hydrogens (tertiary/aromatic N) is 1. The minimum absolute atomic E-state index is 0.0424. The molecule has 96 valence electrons. The maximum Gasteiger partial charge on any atom is 0.334 e. The molecule has 0 aromatic heterocycles. The molecular weight excluding hydrogens is 240 g/mol. The summed E-state index contributed by atoms with van der Waals surface area (Å²) in [4.78, 5) is 37.1. The molecule has 0 aliphatic carbocycles. The van der Waals surface area contributed by atoms with Gasteiger partial charge in [0.1, 0.15) is 0 Å². The highest BCUT2D eigenvalue weighted by Gasteiger charge is 2.14. The lowest BCUT2D eigenvalue weighted by molar-refractivity contribution is -0.384. The number of amides is 1. The van der Waals surface area contributed by atoms with Crippen LogP contribution in [0.25, 0.3) is 0 Å². The Labute approximate surface area is 103 Å². The van der Waals surface area contributed by atoms with Gasteiger partial charge in [0.05, 0.1) is 10.8 Å². The number of nitro groups is 1. The van der Waals surface area contributed by atoms with E-state index in [-0.39, 0.29) is 17.2 Å². The van der Waals surface area contributed by atoms with E-state index in [0.29, 0.717) is 0 Å². The average Bonchev–Trinajstić information content (AvgIpc) is 2.35. The van der Waals surface area contributed by atoms with Crippen LogP contribution in [0.4, 0.5) is 5.69 Å². The second-order valence-electron chi connectivity index (χ2n) is 3.81. The molecule has 0 spiro atoms. The Bertz CT molecular complexity index is 484. The molecule has 0 radical (unpaired) electrons. The van der Waals surface area contributed by atoms with Gasteiger partial charge in [-0.2, -0.15) is 5.48 Å². The van der Waals surface area contributed by atoms with Crippen molar-refractivity contribution in [1.29, 1.82) is 0 Å². The van der Waals surface area contributed by atoms with E-state index in [9.17, 15) is 19.7 Å². The second-order valence-corrected chi connectivity index (χ2v) is 3.81. The summed E-state index contributed by atoms with van der Waals surface area (Å²) >= 11 is 0. The number of carbonyl (C=O) groups is 2. The van der Waals surface area contributed by atoms with E-state index < -0.39 is 16.8 Å². The lowest BCUT2D eigenvalue weighted by Crippen LogP contribution is -2.29. The third-order valence-corrected chi connectivity index (χ3v) is 2.03. The zero-order chi connectivity index (χ0) is 13.7. The molecule has 1 N–H and O–H groups in total. The van der Waals surface area contributed by atoms with Crippen LogP contribution in [0.3, 0.4) is 0 Å². The van der Waals surface area contributed by atoms with E-state index in [4.69, 9.17) is 0 Å². The highest BCUT2D eigenvalue weighted by molar-refractivity contribution is 5.94. The standard InChI is InChI=1S/C11H12N2O5/c1-7(2)11(15)18-12-10(14)8-4-3-5-9(6-8)13(16)17/h3-7H,1-2H3,(H,12,14). The molecule has 1 aromatic rings. The molecule has 7 heteroatoms. The molecule has 0 fully saturated rings. The molecule has 1 aromatic carbocycles. The van der Waals surface area contributed by atoms with E-state index in [0.717, 1.165) is 6.07 Å². The Morgan fingerprint density at radius 2 is 2.06 bits per heavy atom. The molecule has 7 nitrogen and oxygen atoms in total. The van der Waals surface area contributed by atoms with Gasteiger partial charge >= 0.3 is 5.97 Å². The molecule has 0 saturated heterocycles. The van der Waals surface area contributed by atoms with Crippen LogP contribution in [0.5, 0.6) is 0 Å². The van der Waals surface area contributed by atoms with Gasteiger partial charge in [-0.25, -0.2) is 4.79 Å². The number of non-ortho nitro benzene ring substituents is 1. The molecule has 0 heterocycles. The summed E-state index contributed by atoms with van der Waals surface area (Å²) in [5.41, 5.74) is 1.77. The molecule has 1 rings (SSSR count). The van der Waals surface area contributed by atoms with Crippen molar-refractivity contribution in [3.05, 3.63) is 39.9 Å². The van der Waals surface area contributed by atoms with Gasteiger partial charge in [-0.15, -0.1) is 0 Å². The van der Waals surface area contributed by atoms with E-state index in [1.807, 2.05) is 5.48 Å². The number of carbonyl (C=O) groups excluding carboxylic acids is 2. The van der Waals surface area contributed by atoms with E-state index >= 15 is 0 Å². The van der Waals surface area contributed by atoms with Crippen LogP contribution in [-0.2, 0) is 9.63 Å². The number of benzene rings is 1. The number of hydroxylamine groups is 1. The van der Waals surface area contributed by atoms with Crippen LogP contribution in [-0.4, -0.2) is 16.8 Å². The fraction of sp³-hybridized carbons (Fsp3) is 0.273. The summed E-state index contributed by atoms with van der Waals surface area (Å²) < 4.78 is 0. The van der Waals surface area contributed by atoms with E-state index in [1.54, 1.807) is 13.8 Å². The largest absolute Gasteiger partial charge is 0.340 e. The lowest BCUT2D eigenvalue weighted by Gasteiger charge is -2.07. The first-order chi connectivity index (χ1) is 8.41. The first-order valence-corrected chi connectivity index (χ1v) is 5.17. The minimum Gasteiger partial charge on any atom is -0.340 e. The second kappa shape index (κ2) is 5.76. The Morgan fingerprint density at radius 1 is 1.39 bits per heavy atom. The van der Waals surface area contributed by atoms with Crippen LogP contribution >= 0.6 is 0 Å². The zero-order valence-electron chi connectivity index (χ0n) is 9.88. The highest BCUT2D eigenvalue weighted by Crippen LogP contribution is 2.12. The van der Waals surface area contributed by atoms with Crippen molar-refractivity contribution < 1.29 is 19.3 Å². The molecule has 0 unspecified atom stereocenters. The molecule has 1 amide bonds. The Hall–Kier alpha value is -2.44. The predicted molar refractivity (Wildman–Crippen MR) is 61.5 cm³/mol. The number of hydrogen-bond acceptors (Lipinski definition) is 5. The zero-order valence-corrected chi connectivity index (χ0v) is 9.88. The van der Waals surface area contributed by atoms with Crippen molar-refractivity contribution in [1.82, 2.24) is 5.48 Å². The summed E-state index contributed by atoms with van der Waals surface area (Å²) in [5.74, 6) is -1.68. The topological polar surface area (TPSA) is 98.5 Å². The van der Waals surface area contributed by atoms with Gasteiger partial charge < -0.3 is 4.84 Å². The van der Waals surface area contributed by atoms with Crippen molar-refractivity contribution in [2.75, 3.05) is 0 Å². The Kier molecular flexibility index (Phi) is 4.36. The van der Waals surface area contributed by atoms with Gasteiger partial charge in [0.25, 0.3) is 11.6 Å². The quantitative estimate of drug-likeness (QED) is 0.648. The first-order valence-electron chi connectivity index (χ1n) is 5.17. The number of rotatable bonds is 3. The summed E-state index contributed by atoms with van der Waals surface area (Å²) in [5, 5.41) is 10.5. The molecule has 18 heavy (non-hydrogen) atoms. The third kappa shape index (κ3) is 3.55. The van der Waals surface area contributed by atoms with Crippen LogP contribution in [0.15, 0.2) is 24.3 Å². The van der Waals surface area contributed by atoms with Crippen molar-refractivity contribution in [2.45, 2.75) is 13.8 Å². The highest BCUT2D eigenvalue weighted by atomic mass is 16.7. The maximum atomic E-state index is 11.5. The van der Waals surface area contributed by atoms with Crippen LogP contribution in [0.2, 0.25) is 0 Å². The van der Waals surface area contributed by atoms with E-state index in [2.05, 4.69) is 4.84 Å². The molecule has 0 atom stereocenters. The molecule has 0 aliphatic rings. The lowest BCUT2D eigenvalue weighted by atomic mass is 10.2. The Morgan fingerprint density at radius 3 is 2.61 bits per heavy atom. The van der Waals surface area contributed by atoms with Crippen molar-refractivity contribution in [3.8, 4) is 0 Å². The van der Waals surface area contributed by atoms with Crippen molar-refractivity contribution in [2.24, 2.45) is 5.92 Å². The summed E-state index contributed by atoms with van der Waals surface area (Å²) in [6.45, 7) is 3.23. The average molecular weight is 252 g/mol. The summed E-state index contributed by atoms with van der Waals surface area (Å²) in [6, 6.07) is 5.11. The van der Waals surface area contributed by atoms with Crippen molar-refractivity contribution in [3.63, 3.8) is 0 Å². The molecule has 0 saturated carbocycles. The molecular formula is C11H12N2O5. The van der Waals surface area contributed by atoms with Crippen LogP contribution in [0.1, 0.15) is 24.2 Å². The fourth-order valence-electron chi connectivity index (χ4n) is 1.03.